The number of nitrogens with zero attached hydrogens (tertiary/aromatic N) is 4. The van der Waals surface area contributed by atoms with E-state index in [1.807, 2.05) is 6.07 Å². The van der Waals surface area contributed by atoms with Crippen LogP contribution in [0.15, 0.2) is 36.9 Å². The first-order valence-electron chi connectivity index (χ1n) is 8.26. The van der Waals surface area contributed by atoms with Crippen LogP contribution in [0.2, 0.25) is 0 Å². The molecule has 2 aromatic heterocycles. The predicted octanol–water partition coefficient (Wildman–Crippen LogP) is 0.107. The lowest BCUT2D eigenvalue weighted by atomic mass is 10.2. The van der Waals surface area contributed by atoms with E-state index in [9.17, 15) is 15.3 Å². The highest BCUT2D eigenvalue weighted by Gasteiger charge is 2.35. The van der Waals surface area contributed by atoms with Crippen molar-refractivity contribution in [2.75, 3.05) is 6.61 Å². The highest BCUT2D eigenvalue weighted by Crippen LogP contribution is 2.30. The molecule has 3 atom stereocenters. The lowest BCUT2D eigenvalue weighted by Gasteiger charge is -2.14. The van der Waals surface area contributed by atoms with Crippen molar-refractivity contribution in [3.8, 4) is 5.75 Å². The summed E-state index contributed by atoms with van der Waals surface area (Å²) in [6.45, 7) is 0.0362. The van der Waals surface area contributed by atoms with Gasteiger partial charge in [-0.3, -0.25) is 9.98 Å². The number of benzene rings is 1. The molecule has 1 aromatic carbocycles. The van der Waals surface area contributed by atoms with Gasteiger partial charge in [0.2, 0.25) is 0 Å². The van der Waals surface area contributed by atoms with Crippen molar-refractivity contribution in [1.82, 2.24) is 19.1 Å². The van der Waals surface area contributed by atoms with Crippen LogP contribution < -0.4 is 5.49 Å². The molecular weight excluding hydrogens is 338 g/mol. The molecule has 4 N–H and O–H groups in total. The van der Waals surface area contributed by atoms with Gasteiger partial charge in [0.25, 0.3) is 0 Å². The van der Waals surface area contributed by atoms with Crippen molar-refractivity contribution in [2.24, 2.45) is 0 Å². The highest BCUT2D eigenvalue weighted by atomic mass is 16.5. The van der Waals surface area contributed by atoms with Gasteiger partial charge in [0, 0.05) is 12.0 Å². The van der Waals surface area contributed by atoms with Crippen LogP contribution in [0.25, 0.3) is 11.2 Å². The van der Waals surface area contributed by atoms with Crippen molar-refractivity contribution < 1.29 is 20.1 Å². The fourth-order valence-electron chi connectivity index (χ4n) is 3.18. The molecule has 9 nitrogen and oxygen atoms in total. The predicted molar refractivity (Wildman–Crippen MR) is 90.2 cm³/mol. The monoisotopic (exact) mass is 357 g/mol. The number of aromatic hydroxyl groups is 1. The smallest absolute Gasteiger partial charge is 0.167 e. The number of para-hydroxylation sites is 1. The number of phenols is 1. The Morgan fingerprint density at radius 3 is 2.77 bits per heavy atom. The summed E-state index contributed by atoms with van der Waals surface area (Å²) in [6.07, 6.45) is 1.48. The van der Waals surface area contributed by atoms with Crippen molar-refractivity contribution >= 4 is 11.2 Å². The van der Waals surface area contributed by atoms with Gasteiger partial charge in [-0.2, -0.15) is 0 Å². The average Bonchev–Trinajstić information content (AvgIpc) is 3.22. The van der Waals surface area contributed by atoms with Gasteiger partial charge in [0.1, 0.15) is 23.6 Å². The minimum Gasteiger partial charge on any atom is -0.508 e. The van der Waals surface area contributed by atoms with Gasteiger partial charge in [0.05, 0.1) is 31.9 Å². The van der Waals surface area contributed by atoms with E-state index in [0.717, 1.165) is 0 Å². The Morgan fingerprint density at radius 2 is 2.04 bits per heavy atom. The summed E-state index contributed by atoms with van der Waals surface area (Å²) in [4.78, 5) is 8.65. The summed E-state index contributed by atoms with van der Waals surface area (Å²) >= 11 is 0. The Hall–Kier alpha value is -2.75. The van der Waals surface area contributed by atoms with Crippen LogP contribution in [-0.2, 0) is 11.3 Å². The van der Waals surface area contributed by atoms with Gasteiger partial charge in [-0.05, 0) is 6.07 Å². The van der Waals surface area contributed by atoms with Gasteiger partial charge >= 0.3 is 0 Å². The number of hydrogen-bond donors (Lipinski definition) is 4. The third kappa shape index (κ3) is 2.75. The zero-order chi connectivity index (χ0) is 18.3. The third-order valence-corrected chi connectivity index (χ3v) is 4.63. The molecule has 3 heterocycles. The van der Waals surface area contributed by atoms with Crippen LogP contribution in [0.4, 0.5) is 0 Å². The van der Waals surface area contributed by atoms with E-state index in [2.05, 4.69) is 9.97 Å². The normalized spacial score (nSPS) is 22.9. The zero-order valence-corrected chi connectivity index (χ0v) is 13.9. The number of aromatic nitrogens is 4. The Balaban J connectivity index is 1.68. The summed E-state index contributed by atoms with van der Waals surface area (Å²) in [5, 5.41) is 37.5. The molecule has 1 saturated heterocycles. The Labute approximate surface area is 148 Å². The topological polar surface area (TPSA) is 129 Å². The van der Waals surface area contributed by atoms with Gasteiger partial charge < -0.3 is 24.6 Å². The summed E-state index contributed by atoms with van der Waals surface area (Å²) < 4.78 is 8.89. The summed E-state index contributed by atoms with van der Waals surface area (Å²) in [6, 6.07) is 6.94. The van der Waals surface area contributed by atoms with E-state index in [0.29, 0.717) is 29.7 Å². The number of ether oxygens (including phenoxy) is 1. The molecule has 0 spiro atoms. The molecular formula is C17H19N5O4. The van der Waals surface area contributed by atoms with Crippen molar-refractivity contribution in [3.05, 3.63) is 48.0 Å². The van der Waals surface area contributed by atoms with Gasteiger partial charge in [-0.1, -0.05) is 18.2 Å². The fourth-order valence-corrected chi connectivity index (χ4v) is 3.18. The first-order chi connectivity index (χ1) is 12.6. The molecule has 3 aromatic rings. The average molecular weight is 357 g/mol. The molecule has 0 aliphatic carbocycles. The Bertz CT molecular complexity index is 998. The minimum absolute atomic E-state index is 0.161. The third-order valence-electron chi connectivity index (χ3n) is 4.63. The lowest BCUT2D eigenvalue weighted by molar-refractivity contribution is -0.0432. The van der Waals surface area contributed by atoms with Crippen LogP contribution in [0, 0.1) is 5.41 Å². The van der Waals surface area contributed by atoms with E-state index in [1.165, 1.54) is 12.7 Å². The molecule has 0 radical (unpaired) electrons. The van der Waals surface area contributed by atoms with Crippen LogP contribution in [-0.4, -0.2) is 53.2 Å². The van der Waals surface area contributed by atoms with Crippen molar-refractivity contribution in [1.29, 1.82) is 5.41 Å². The van der Waals surface area contributed by atoms with E-state index >= 15 is 0 Å². The van der Waals surface area contributed by atoms with Crippen LogP contribution in [0.3, 0.4) is 0 Å². The first-order valence-corrected chi connectivity index (χ1v) is 8.26. The molecule has 9 heteroatoms. The molecule has 0 unspecified atom stereocenters. The number of aliphatic hydroxyl groups excluding tert-OH is 2. The largest absolute Gasteiger partial charge is 0.508 e. The van der Waals surface area contributed by atoms with Crippen LogP contribution in [0.1, 0.15) is 18.2 Å². The maximum atomic E-state index is 9.92. The maximum absolute atomic E-state index is 9.92. The van der Waals surface area contributed by atoms with Gasteiger partial charge in [-0.15, -0.1) is 0 Å². The number of nitrogens with one attached hydrogen (secondary N) is 1. The number of imidazole rings is 1. The molecule has 1 aliphatic rings. The minimum atomic E-state index is -0.757. The van der Waals surface area contributed by atoms with E-state index in [4.69, 9.17) is 10.1 Å². The van der Waals surface area contributed by atoms with E-state index < -0.39 is 18.4 Å². The summed E-state index contributed by atoms with van der Waals surface area (Å²) in [5.74, 6) is 0.161. The molecule has 4 rings (SSSR count). The first kappa shape index (κ1) is 16.7. The fraction of sp³-hybridized carbons (Fsp3) is 0.353. The number of hydrogen-bond acceptors (Lipinski definition) is 7. The van der Waals surface area contributed by atoms with Gasteiger partial charge in [0.15, 0.2) is 11.1 Å². The summed E-state index contributed by atoms with van der Waals surface area (Å²) in [5.41, 5.74) is 1.71. The quantitative estimate of drug-likeness (QED) is 0.524. The lowest BCUT2D eigenvalue weighted by Crippen LogP contribution is -2.24. The number of phenolic OH excluding ortho intramolecular Hbond substituents is 1. The number of fused-ring (bicyclic) bond motifs is 1. The number of rotatable bonds is 4. The van der Waals surface area contributed by atoms with Crippen LogP contribution >= 0.6 is 0 Å². The highest BCUT2D eigenvalue weighted by molar-refractivity contribution is 5.68. The molecule has 1 aliphatic heterocycles. The molecule has 0 amide bonds. The zero-order valence-electron chi connectivity index (χ0n) is 13.9. The SMILES string of the molecule is N=c1c2ncn([C@H]3C[C@H](O)[C@@H](CO)O3)c2ncn1Cc1ccccc1O. The Kier molecular flexibility index (Phi) is 4.19. The van der Waals surface area contributed by atoms with E-state index in [-0.39, 0.29) is 17.8 Å². The summed E-state index contributed by atoms with van der Waals surface area (Å²) in [7, 11) is 0. The standard InChI is InChI=1S/C17H19N5O4/c18-16-15-17(20-8-21(16)6-10-3-1-2-4-11(10)24)22(9-19-15)14-5-12(25)13(7-23)26-14/h1-4,8-9,12-14,18,23-25H,5-7H2/t12-,13+,14+/m0/s1. The van der Waals surface area contributed by atoms with Crippen molar-refractivity contribution in [2.45, 2.75) is 31.4 Å². The molecule has 136 valence electrons. The second kappa shape index (κ2) is 6.52. The molecule has 0 saturated carbocycles. The second-order valence-corrected chi connectivity index (χ2v) is 6.29. The molecule has 0 bridgehead atoms. The molecule has 1 fully saturated rings. The van der Waals surface area contributed by atoms with Crippen LogP contribution in [0.5, 0.6) is 5.75 Å². The van der Waals surface area contributed by atoms with E-state index in [1.54, 1.807) is 27.3 Å². The second-order valence-electron chi connectivity index (χ2n) is 6.29. The number of aliphatic hydroxyl groups is 2. The van der Waals surface area contributed by atoms with Gasteiger partial charge in [-0.25, -0.2) is 9.97 Å². The molecule has 26 heavy (non-hydrogen) atoms. The maximum Gasteiger partial charge on any atom is 0.167 e. The van der Waals surface area contributed by atoms with Crippen molar-refractivity contribution in [3.63, 3.8) is 0 Å². The Morgan fingerprint density at radius 1 is 1.23 bits per heavy atom.